The van der Waals surface area contributed by atoms with E-state index in [-0.39, 0.29) is 34.3 Å². The van der Waals surface area contributed by atoms with E-state index in [1.54, 1.807) is 12.1 Å². The normalized spacial score (nSPS) is 16.2. The van der Waals surface area contributed by atoms with Gasteiger partial charge in [0.05, 0.1) is 24.1 Å². The first-order valence-electron chi connectivity index (χ1n) is 9.12. The maximum Gasteiger partial charge on any atom is 0.282 e. The number of rotatable bonds is 6. The van der Waals surface area contributed by atoms with Crippen LogP contribution in [0.15, 0.2) is 46.6 Å². The quantitative estimate of drug-likeness (QED) is 0.487. The average Bonchev–Trinajstić information content (AvgIpc) is 3.24. The second-order valence-corrected chi connectivity index (χ2v) is 7.43. The fourth-order valence-corrected chi connectivity index (χ4v) is 3.87. The molecule has 0 aliphatic carbocycles. The molecular formula is C19H18FN5O3S. The molecule has 150 valence electrons. The summed E-state index contributed by atoms with van der Waals surface area (Å²) in [5.74, 6) is -0.963. The molecule has 1 amide bonds. The number of nitrogens with zero attached hydrogens (tertiary/aromatic N) is 4. The van der Waals surface area contributed by atoms with Crippen molar-refractivity contribution in [2.75, 3.05) is 17.7 Å². The Kier molecular flexibility index (Phi) is 5.81. The Morgan fingerprint density at radius 3 is 2.93 bits per heavy atom. The molecule has 3 heterocycles. The van der Waals surface area contributed by atoms with Crippen LogP contribution in [0.2, 0.25) is 0 Å². The van der Waals surface area contributed by atoms with Crippen LogP contribution in [0.3, 0.4) is 0 Å². The lowest BCUT2D eigenvalue weighted by Crippen LogP contribution is -2.30. The van der Waals surface area contributed by atoms with Gasteiger partial charge in [-0.1, -0.05) is 23.9 Å². The number of ether oxygens (including phenoxy) is 1. The number of nitrogens with one attached hydrogen (secondary N) is 1. The third-order valence-corrected chi connectivity index (χ3v) is 5.43. The fourth-order valence-electron chi connectivity index (χ4n) is 3.07. The lowest BCUT2D eigenvalue weighted by Gasteiger charge is -2.15. The molecule has 0 bridgehead atoms. The highest BCUT2D eigenvalue weighted by molar-refractivity contribution is 7.99. The average molecular weight is 415 g/mol. The second kappa shape index (κ2) is 8.66. The van der Waals surface area contributed by atoms with Crippen molar-refractivity contribution in [3.05, 3.63) is 52.8 Å². The number of carbonyl (C=O) groups excluding carboxylic acids is 1. The number of para-hydroxylation sites is 1. The van der Waals surface area contributed by atoms with Crippen molar-refractivity contribution in [3.8, 4) is 0 Å². The van der Waals surface area contributed by atoms with Gasteiger partial charge < -0.3 is 10.1 Å². The van der Waals surface area contributed by atoms with E-state index < -0.39 is 11.7 Å². The van der Waals surface area contributed by atoms with E-state index in [4.69, 9.17) is 4.74 Å². The zero-order chi connectivity index (χ0) is 20.2. The van der Waals surface area contributed by atoms with Crippen molar-refractivity contribution < 1.29 is 13.9 Å². The van der Waals surface area contributed by atoms with Crippen LogP contribution < -0.4 is 10.9 Å². The van der Waals surface area contributed by atoms with E-state index >= 15 is 0 Å². The lowest BCUT2D eigenvalue weighted by atomic mass is 10.2. The molecule has 0 saturated carbocycles. The summed E-state index contributed by atoms with van der Waals surface area (Å²) >= 11 is 1.09. The summed E-state index contributed by atoms with van der Waals surface area (Å²) < 4.78 is 20.8. The summed E-state index contributed by atoms with van der Waals surface area (Å²) in [6.07, 6.45) is 4.60. The predicted octanol–water partition coefficient (Wildman–Crippen LogP) is 2.24. The number of aromatic nitrogens is 4. The van der Waals surface area contributed by atoms with E-state index in [0.717, 1.165) is 24.6 Å². The number of amides is 1. The zero-order valence-corrected chi connectivity index (χ0v) is 16.2. The van der Waals surface area contributed by atoms with Gasteiger partial charge in [0.15, 0.2) is 16.3 Å². The van der Waals surface area contributed by atoms with Gasteiger partial charge in [0.1, 0.15) is 5.82 Å². The Balaban J connectivity index is 1.57. The first-order chi connectivity index (χ1) is 14.1. The number of halogens is 1. The molecule has 8 nitrogen and oxygen atoms in total. The molecule has 2 aromatic heterocycles. The number of carbonyl (C=O) groups is 1. The van der Waals surface area contributed by atoms with Crippen LogP contribution >= 0.6 is 11.8 Å². The molecule has 4 rings (SSSR count). The predicted molar refractivity (Wildman–Crippen MR) is 106 cm³/mol. The molecule has 0 radical (unpaired) electrons. The van der Waals surface area contributed by atoms with Crippen LogP contribution in [-0.4, -0.2) is 43.9 Å². The Bertz CT molecular complexity index is 1100. The summed E-state index contributed by atoms with van der Waals surface area (Å²) in [6, 6.07) is 5.93. The van der Waals surface area contributed by atoms with Crippen LogP contribution in [0.5, 0.6) is 0 Å². The fraction of sp³-hybridized carbons (Fsp3) is 0.316. The standard InChI is InChI=1S/C19H18FN5O3S/c20-13-5-1-2-6-14(13)23-15(26)11-29-19-24-17-16(21-7-8-22-17)18(27)25(19)10-12-4-3-9-28-12/h1-2,5-8,12H,3-4,9-11H2,(H,23,26). The number of anilines is 1. The molecular weight excluding hydrogens is 397 g/mol. The molecule has 1 saturated heterocycles. The zero-order valence-electron chi connectivity index (χ0n) is 15.4. The summed E-state index contributed by atoms with van der Waals surface area (Å²) in [6.45, 7) is 0.989. The molecule has 1 fully saturated rings. The molecule has 1 unspecified atom stereocenters. The number of hydrogen-bond donors (Lipinski definition) is 1. The third-order valence-electron chi connectivity index (χ3n) is 4.45. The van der Waals surface area contributed by atoms with Crippen molar-refractivity contribution in [2.24, 2.45) is 0 Å². The van der Waals surface area contributed by atoms with Gasteiger partial charge in [-0.3, -0.25) is 14.2 Å². The number of thioether (sulfide) groups is 1. The Morgan fingerprint density at radius 1 is 1.31 bits per heavy atom. The number of benzene rings is 1. The van der Waals surface area contributed by atoms with Gasteiger partial charge in [-0.15, -0.1) is 0 Å². The van der Waals surface area contributed by atoms with Crippen LogP contribution in [0, 0.1) is 5.82 Å². The smallest absolute Gasteiger partial charge is 0.282 e. The molecule has 0 spiro atoms. The Labute approximate surface area is 169 Å². The van der Waals surface area contributed by atoms with E-state index in [9.17, 15) is 14.0 Å². The molecule has 1 aromatic carbocycles. The highest BCUT2D eigenvalue weighted by Gasteiger charge is 2.21. The SMILES string of the molecule is O=C(CSc1nc2nccnc2c(=O)n1CC1CCCO1)Nc1ccccc1F. The highest BCUT2D eigenvalue weighted by Crippen LogP contribution is 2.21. The van der Waals surface area contributed by atoms with Gasteiger partial charge in [0.2, 0.25) is 5.91 Å². The van der Waals surface area contributed by atoms with Gasteiger partial charge in [0, 0.05) is 19.0 Å². The highest BCUT2D eigenvalue weighted by atomic mass is 32.2. The van der Waals surface area contributed by atoms with Crippen LogP contribution in [0.25, 0.3) is 11.2 Å². The van der Waals surface area contributed by atoms with E-state index in [0.29, 0.717) is 18.3 Å². The topological polar surface area (TPSA) is 99.0 Å². The van der Waals surface area contributed by atoms with Crippen molar-refractivity contribution >= 4 is 34.5 Å². The molecule has 10 heteroatoms. The van der Waals surface area contributed by atoms with E-state index in [2.05, 4.69) is 20.3 Å². The molecule has 1 atom stereocenters. The minimum atomic E-state index is -0.514. The number of hydrogen-bond acceptors (Lipinski definition) is 7. The van der Waals surface area contributed by atoms with Crippen LogP contribution in [0.4, 0.5) is 10.1 Å². The molecule has 29 heavy (non-hydrogen) atoms. The van der Waals surface area contributed by atoms with Crippen molar-refractivity contribution in [1.82, 2.24) is 19.5 Å². The van der Waals surface area contributed by atoms with Gasteiger partial charge in [-0.05, 0) is 25.0 Å². The summed E-state index contributed by atoms with van der Waals surface area (Å²) in [5.41, 5.74) is 0.173. The summed E-state index contributed by atoms with van der Waals surface area (Å²) in [5, 5.41) is 2.87. The van der Waals surface area contributed by atoms with Gasteiger partial charge in [-0.25, -0.2) is 19.3 Å². The van der Waals surface area contributed by atoms with Gasteiger partial charge >= 0.3 is 0 Å². The molecule has 1 aliphatic heterocycles. The lowest BCUT2D eigenvalue weighted by molar-refractivity contribution is -0.113. The molecule has 3 aromatic rings. The van der Waals surface area contributed by atoms with Gasteiger partial charge in [-0.2, -0.15) is 0 Å². The van der Waals surface area contributed by atoms with Crippen molar-refractivity contribution in [2.45, 2.75) is 30.6 Å². The monoisotopic (exact) mass is 415 g/mol. The second-order valence-electron chi connectivity index (χ2n) is 6.49. The Hall–Kier alpha value is -2.85. The van der Waals surface area contributed by atoms with Gasteiger partial charge in [0.25, 0.3) is 5.56 Å². The minimum Gasteiger partial charge on any atom is -0.376 e. The minimum absolute atomic E-state index is 0.0436. The van der Waals surface area contributed by atoms with Crippen LogP contribution in [-0.2, 0) is 16.1 Å². The molecule has 1 N–H and O–H groups in total. The van der Waals surface area contributed by atoms with E-state index in [1.807, 2.05) is 0 Å². The summed E-state index contributed by atoms with van der Waals surface area (Å²) in [7, 11) is 0. The summed E-state index contributed by atoms with van der Waals surface area (Å²) in [4.78, 5) is 37.8. The maximum absolute atomic E-state index is 13.7. The van der Waals surface area contributed by atoms with Crippen molar-refractivity contribution in [1.29, 1.82) is 0 Å². The van der Waals surface area contributed by atoms with Crippen LogP contribution in [0.1, 0.15) is 12.8 Å². The van der Waals surface area contributed by atoms with E-state index in [1.165, 1.54) is 29.1 Å². The Morgan fingerprint density at radius 2 is 2.14 bits per heavy atom. The van der Waals surface area contributed by atoms with Crippen molar-refractivity contribution in [3.63, 3.8) is 0 Å². The first-order valence-corrected chi connectivity index (χ1v) is 10.1. The number of fused-ring (bicyclic) bond motifs is 1. The maximum atomic E-state index is 13.7. The third kappa shape index (κ3) is 4.43. The first kappa shape index (κ1) is 19.5. The molecule has 1 aliphatic rings. The largest absolute Gasteiger partial charge is 0.376 e.